The minimum Gasteiger partial charge on any atom is -0.490 e. The molecule has 1 rings (SSSR count). The summed E-state index contributed by atoms with van der Waals surface area (Å²) in [4.78, 5) is 0. The minimum atomic E-state index is 0.231. The summed E-state index contributed by atoms with van der Waals surface area (Å²) in [6, 6.07) is 3.46. The van der Waals surface area contributed by atoms with Gasteiger partial charge in [-0.2, -0.15) is 0 Å². The molecule has 0 saturated carbocycles. The SMILES string of the molecule is CCC(N)CCCOc1c(Cl)cc(Cl)cc1Cl. The summed E-state index contributed by atoms with van der Waals surface area (Å²) in [5.41, 5.74) is 5.81. The molecule has 1 aromatic carbocycles. The van der Waals surface area contributed by atoms with Crippen molar-refractivity contribution >= 4 is 34.8 Å². The molecule has 1 atom stereocenters. The Labute approximate surface area is 117 Å². The molecule has 0 amide bonds. The number of nitrogens with two attached hydrogens (primary N) is 1. The normalized spacial score (nSPS) is 12.5. The van der Waals surface area contributed by atoms with Crippen LogP contribution in [0.4, 0.5) is 0 Å². The van der Waals surface area contributed by atoms with Crippen molar-refractivity contribution in [3.8, 4) is 5.75 Å². The van der Waals surface area contributed by atoms with Gasteiger partial charge >= 0.3 is 0 Å². The summed E-state index contributed by atoms with van der Waals surface area (Å²) in [6.07, 6.45) is 2.78. The minimum absolute atomic E-state index is 0.231. The lowest BCUT2D eigenvalue weighted by Crippen LogP contribution is -2.19. The van der Waals surface area contributed by atoms with Crippen molar-refractivity contribution in [2.24, 2.45) is 5.73 Å². The van der Waals surface area contributed by atoms with Gasteiger partial charge in [-0.05, 0) is 31.4 Å². The third kappa shape index (κ3) is 4.92. The van der Waals surface area contributed by atoms with Crippen LogP contribution in [0.1, 0.15) is 26.2 Å². The number of rotatable bonds is 6. The van der Waals surface area contributed by atoms with Crippen molar-refractivity contribution in [1.29, 1.82) is 0 Å². The van der Waals surface area contributed by atoms with Gasteiger partial charge in [0, 0.05) is 11.1 Å². The van der Waals surface area contributed by atoms with Gasteiger partial charge < -0.3 is 10.5 Å². The molecule has 17 heavy (non-hydrogen) atoms. The molecule has 2 N–H and O–H groups in total. The first kappa shape index (κ1) is 14.9. The summed E-state index contributed by atoms with van der Waals surface area (Å²) in [5.74, 6) is 0.489. The van der Waals surface area contributed by atoms with Gasteiger partial charge in [-0.15, -0.1) is 0 Å². The number of hydrogen-bond donors (Lipinski definition) is 1. The summed E-state index contributed by atoms with van der Waals surface area (Å²) < 4.78 is 5.54. The van der Waals surface area contributed by atoms with Gasteiger partial charge in [0.2, 0.25) is 0 Å². The van der Waals surface area contributed by atoms with Crippen molar-refractivity contribution in [2.75, 3.05) is 6.61 Å². The first-order chi connectivity index (χ1) is 8.04. The highest BCUT2D eigenvalue weighted by Gasteiger charge is 2.09. The standard InChI is InChI=1S/C12H16Cl3NO/c1-2-9(16)4-3-5-17-12-10(14)6-8(13)7-11(12)15/h6-7,9H,2-5,16H2,1H3. The second-order valence-electron chi connectivity index (χ2n) is 3.86. The van der Waals surface area contributed by atoms with E-state index in [9.17, 15) is 0 Å². The predicted octanol–water partition coefficient (Wildman–Crippen LogP) is 4.54. The second kappa shape index (κ2) is 7.32. The van der Waals surface area contributed by atoms with E-state index in [0.717, 1.165) is 19.3 Å². The predicted molar refractivity (Wildman–Crippen MR) is 74.5 cm³/mol. The lowest BCUT2D eigenvalue weighted by atomic mass is 10.1. The van der Waals surface area contributed by atoms with Gasteiger partial charge in [0.05, 0.1) is 16.7 Å². The maximum atomic E-state index is 5.98. The van der Waals surface area contributed by atoms with E-state index < -0.39 is 0 Å². The Balaban J connectivity index is 2.47. The van der Waals surface area contributed by atoms with Crippen LogP contribution in [-0.2, 0) is 0 Å². The molecule has 0 aliphatic carbocycles. The Morgan fingerprint density at radius 2 is 1.82 bits per heavy atom. The van der Waals surface area contributed by atoms with E-state index in [1.807, 2.05) is 0 Å². The average molecular weight is 297 g/mol. The Bertz CT molecular complexity index is 348. The quantitative estimate of drug-likeness (QED) is 0.782. The van der Waals surface area contributed by atoms with Crippen molar-refractivity contribution < 1.29 is 4.74 Å². The highest BCUT2D eigenvalue weighted by molar-refractivity contribution is 6.40. The highest BCUT2D eigenvalue weighted by atomic mass is 35.5. The van der Waals surface area contributed by atoms with E-state index in [1.54, 1.807) is 12.1 Å². The van der Waals surface area contributed by atoms with E-state index in [0.29, 0.717) is 27.4 Å². The average Bonchev–Trinajstić information content (AvgIpc) is 2.26. The number of benzene rings is 1. The summed E-state index contributed by atoms with van der Waals surface area (Å²) in [5, 5.41) is 1.37. The Hall–Kier alpha value is -0.150. The summed E-state index contributed by atoms with van der Waals surface area (Å²) in [7, 11) is 0. The molecule has 0 spiro atoms. The molecule has 0 aliphatic rings. The maximum Gasteiger partial charge on any atom is 0.156 e. The molecule has 0 heterocycles. The van der Waals surface area contributed by atoms with E-state index in [1.165, 1.54) is 0 Å². The molecule has 1 unspecified atom stereocenters. The van der Waals surface area contributed by atoms with Crippen LogP contribution >= 0.6 is 34.8 Å². The van der Waals surface area contributed by atoms with Gasteiger partial charge in [0.1, 0.15) is 0 Å². The van der Waals surface area contributed by atoms with Gasteiger partial charge in [0.15, 0.2) is 5.75 Å². The van der Waals surface area contributed by atoms with E-state index in [4.69, 9.17) is 45.3 Å². The van der Waals surface area contributed by atoms with Crippen LogP contribution in [0.3, 0.4) is 0 Å². The molecule has 0 bridgehead atoms. The lowest BCUT2D eigenvalue weighted by Gasteiger charge is -2.12. The van der Waals surface area contributed by atoms with Crippen LogP contribution in [0, 0.1) is 0 Å². The van der Waals surface area contributed by atoms with Crippen molar-refractivity contribution in [2.45, 2.75) is 32.2 Å². The molecule has 0 fully saturated rings. The first-order valence-corrected chi connectivity index (χ1v) is 6.71. The Morgan fingerprint density at radius 1 is 1.24 bits per heavy atom. The topological polar surface area (TPSA) is 35.2 Å². The molecule has 0 radical (unpaired) electrons. The van der Waals surface area contributed by atoms with Crippen molar-refractivity contribution in [3.05, 3.63) is 27.2 Å². The fourth-order valence-corrected chi connectivity index (χ4v) is 2.32. The fraction of sp³-hybridized carbons (Fsp3) is 0.500. The van der Waals surface area contributed by atoms with Crippen molar-refractivity contribution in [3.63, 3.8) is 0 Å². The van der Waals surface area contributed by atoms with Crippen LogP contribution in [0.2, 0.25) is 15.1 Å². The second-order valence-corrected chi connectivity index (χ2v) is 5.11. The van der Waals surface area contributed by atoms with E-state index in [-0.39, 0.29) is 6.04 Å². The number of hydrogen-bond acceptors (Lipinski definition) is 2. The van der Waals surface area contributed by atoms with Crippen LogP contribution < -0.4 is 10.5 Å². The fourth-order valence-electron chi connectivity index (χ4n) is 1.39. The van der Waals surface area contributed by atoms with E-state index in [2.05, 4.69) is 6.92 Å². The van der Waals surface area contributed by atoms with Crippen LogP contribution in [0.15, 0.2) is 12.1 Å². The third-order valence-corrected chi connectivity index (χ3v) is 3.23. The zero-order valence-electron chi connectivity index (χ0n) is 9.68. The van der Waals surface area contributed by atoms with Crippen LogP contribution in [0.25, 0.3) is 0 Å². The lowest BCUT2D eigenvalue weighted by molar-refractivity contribution is 0.301. The van der Waals surface area contributed by atoms with Gasteiger partial charge in [0.25, 0.3) is 0 Å². The maximum absolute atomic E-state index is 5.98. The third-order valence-electron chi connectivity index (χ3n) is 2.45. The monoisotopic (exact) mass is 295 g/mol. The van der Waals surface area contributed by atoms with Gasteiger partial charge in [-0.1, -0.05) is 41.7 Å². The van der Waals surface area contributed by atoms with Crippen LogP contribution in [-0.4, -0.2) is 12.6 Å². The van der Waals surface area contributed by atoms with Crippen LogP contribution in [0.5, 0.6) is 5.75 Å². The molecule has 5 heteroatoms. The molecule has 0 aromatic heterocycles. The molecular weight excluding hydrogens is 280 g/mol. The molecular formula is C12H16Cl3NO. The molecule has 96 valence electrons. The Kier molecular flexibility index (Phi) is 6.42. The van der Waals surface area contributed by atoms with Gasteiger partial charge in [-0.25, -0.2) is 0 Å². The van der Waals surface area contributed by atoms with Gasteiger partial charge in [-0.3, -0.25) is 0 Å². The first-order valence-electron chi connectivity index (χ1n) is 5.57. The highest BCUT2D eigenvalue weighted by Crippen LogP contribution is 2.35. The smallest absolute Gasteiger partial charge is 0.156 e. The number of ether oxygens (including phenoxy) is 1. The molecule has 2 nitrogen and oxygen atoms in total. The van der Waals surface area contributed by atoms with Crippen molar-refractivity contribution in [1.82, 2.24) is 0 Å². The zero-order valence-corrected chi connectivity index (χ0v) is 11.9. The largest absolute Gasteiger partial charge is 0.490 e. The molecule has 1 aromatic rings. The zero-order chi connectivity index (χ0) is 12.8. The number of halogens is 3. The Morgan fingerprint density at radius 3 is 2.35 bits per heavy atom. The summed E-state index contributed by atoms with van der Waals surface area (Å²) in [6.45, 7) is 2.62. The van der Waals surface area contributed by atoms with E-state index >= 15 is 0 Å². The molecule has 0 aliphatic heterocycles. The molecule has 0 saturated heterocycles. The summed E-state index contributed by atoms with van der Waals surface area (Å²) >= 11 is 17.8.